The van der Waals surface area contributed by atoms with E-state index in [2.05, 4.69) is 182 Å². The molecule has 4 heterocycles. The number of fused-ring (bicyclic) bond motifs is 9. The van der Waals surface area contributed by atoms with Gasteiger partial charge in [0.15, 0.2) is 0 Å². The Morgan fingerprint density at radius 3 is 1.48 bits per heavy atom. The number of halogens is 2. The van der Waals surface area contributed by atoms with E-state index in [1.807, 2.05) is 20.8 Å². The molecule has 0 spiro atoms. The fraction of sp³-hybridized carbons (Fsp3) is 0.167. The summed E-state index contributed by atoms with van der Waals surface area (Å²) in [4.78, 5) is 3.95. The Morgan fingerprint density at radius 1 is 0.560 bits per heavy atom. The predicted octanol–water partition coefficient (Wildman–Crippen LogP) is 16.1. The van der Waals surface area contributed by atoms with Crippen LogP contribution in [0.1, 0.15) is 43.9 Å². The van der Waals surface area contributed by atoms with E-state index in [-0.39, 0.29) is 37.8 Å². The smallest absolute Gasteiger partial charge is 0.0961 e. The van der Waals surface area contributed by atoms with Crippen molar-refractivity contribution in [2.24, 2.45) is 5.41 Å². The maximum absolute atomic E-state index is 13.2. The second kappa shape index (κ2) is 21.7. The molecule has 12 rings (SSSR count). The molecule has 2 N–H and O–H groups in total. The van der Waals surface area contributed by atoms with Crippen LogP contribution in [0.3, 0.4) is 0 Å². The first kappa shape index (κ1) is 50.9. The van der Waals surface area contributed by atoms with Gasteiger partial charge in [-0.15, -0.1) is 12.1 Å². The molecule has 4 aromatic heterocycles. The Labute approximate surface area is 450 Å². The van der Waals surface area contributed by atoms with E-state index in [0.717, 1.165) is 49.3 Å². The number of aliphatic hydroxyl groups excluding tert-OH is 2. The van der Waals surface area contributed by atoms with Crippen LogP contribution in [0.15, 0.2) is 206 Å². The number of benzene rings is 8. The summed E-state index contributed by atoms with van der Waals surface area (Å²) >= 11 is 0. The third-order valence-electron chi connectivity index (χ3n) is 14.3. The van der Waals surface area contributed by atoms with Crippen LogP contribution in [0.4, 0.5) is 8.78 Å². The molecular formula is C66H57F2N4O2Pt-. The average molecular weight is 1170 g/mol. The number of hydrogen-bond acceptors (Lipinski definition) is 3. The molecule has 6 nitrogen and oxygen atoms in total. The number of rotatable bonds is 12. The molecule has 378 valence electrons. The summed E-state index contributed by atoms with van der Waals surface area (Å²) in [5.41, 5.74) is 12.7. The molecule has 9 heteroatoms. The quantitative estimate of drug-likeness (QED) is 0.0946. The van der Waals surface area contributed by atoms with Crippen LogP contribution in [0.25, 0.3) is 82.4 Å². The first-order valence-electron chi connectivity index (χ1n) is 25.4. The molecule has 0 amide bonds. The van der Waals surface area contributed by atoms with Crippen molar-refractivity contribution in [3.05, 3.63) is 240 Å². The molecule has 0 aliphatic rings. The number of para-hydroxylation sites is 4. The third kappa shape index (κ3) is 10.4. The van der Waals surface area contributed by atoms with Gasteiger partial charge < -0.3 is 28.9 Å². The largest absolute Gasteiger partial charge is 0.512 e. The van der Waals surface area contributed by atoms with Crippen molar-refractivity contribution in [2.75, 3.05) is 0 Å². The summed E-state index contributed by atoms with van der Waals surface area (Å²) in [7, 11) is 0. The normalized spacial score (nSPS) is 12.4. The van der Waals surface area contributed by atoms with Crippen molar-refractivity contribution in [1.82, 2.24) is 18.7 Å². The topological polar surface area (TPSA) is 68.1 Å². The summed E-state index contributed by atoms with van der Waals surface area (Å²) in [5.74, 6) is -1.06. The first-order chi connectivity index (χ1) is 36.0. The van der Waals surface area contributed by atoms with Crippen molar-refractivity contribution in [1.29, 1.82) is 0 Å². The Kier molecular flexibility index (Phi) is 14.7. The molecule has 75 heavy (non-hydrogen) atoms. The zero-order chi connectivity index (χ0) is 50.9. The molecule has 1 atom stereocenters. The molecule has 1 unspecified atom stereocenters. The Hall–Kier alpha value is -7.64. The number of aliphatic hydroxyl groups is 2. The second-order valence-corrected chi connectivity index (χ2v) is 20.2. The minimum Gasteiger partial charge on any atom is -0.512 e. The molecule has 12 aromatic rings. The van der Waals surface area contributed by atoms with Crippen molar-refractivity contribution in [2.45, 2.75) is 65.6 Å². The summed E-state index contributed by atoms with van der Waals surface area (Å²) in [6, 6.07) is 67.4. The van der Waals surface area contributed by atoms with Crippen molar-refractivity contribution in [3.63, 3.8) is 0 Å². The van der Waals surface area contributed by atoms with Gasteiger partial charge >= 0.3 is 0 Å². The van der Waals surface area contributed by atoms with Gasteiger partial charge in [-0.3, -0.25) is 8.78 Å². The monoisotopic (exact) mass is 1170 g/mol. The molecule has 0 radical (unpaired) electrons. The number of aromatic nitrogens is 4. The van der Waals surface area contributed by atoms with E-state index in [1.165, 1.54) is 76.5 Å². The van der Waals surface area contributed by atoms with Crippen LogP contribution < -0.4 is 0 Å². The standard InChI is InChI=1S/C55H51N3O2.C11H6F2N.Pt/c1-55(2,3)54(60)36-41(59)27-22-37-20-25-40(26-21-37)58-52-28-23-38(30-32-56-48-16-8-4-12-42(48)43-13-5-9-17-49(43)56)34-46(52)47-35-39(24-29-53(47)58)31-33-57-50-18-10-6-14-44(50)45-15-7-11-19-51(45)57;12-8-4-5-9(10(13)7-8)11-3-1-2-6-14-11;/h4-21,23-26,28-29,34-36,41,59-60H,22,27,30-33H2,1-3H3;1-4,6-7H;/q;-1;. The van der Waals surface area contributed by atoms with Gasteiger partial charge in [-0.05, 0) is 121 Å². The fourth-order valence-electron chi connectivity index (χ4n) is 10.5. The number of nitrogens with zero attached hydrogens (tertiary/aromatic N) is 4. The SMILES string of the molecule is CC(C)(C)C(O)=CC(O)CCc1ccc(-n2c3ccc(CCn4c5ccccc5c5ccccc54)cc3c3cc(CCn4c5ccccc5c5ccccc54)ccc32)cc1.Fc1c[c-]c(-c2ccccn2)c(F)c1.[Pt]. The summed E-state index contributed by atoms with van der Waals surface area (Å²) in [6.45, 7) is 7.62. The first-order valence-corrected chi connectivity index (χ1v) is 25.4. The van der Waals surface area contributed by atoms with Gasteiger partial charge in [0.25, 0.3) is 0 Å². The minimum atomic E-state index is -0.699. The van der Waals surface area contributed by atoms with Gasteiger partial charge in [0.05, 0.1) is 22.9 Å². The van der Waals surface area contributed by atoms with Crippen molar-refractivity contribution >= 4 is 65.4 Å². The van der Waals surface area contributed by atoms with E-state index in [0.29, 0.717) is 18.5 Å². The van der Waals surface area contributed by atoms with E-state index in [9.17, 15) is 19.0 Å². The fourth-order valence-corrected chi connectivity index (χ4v) is 10.5. The number of hydrogen-bond donors (Lipinski definition) is 2. The predicted molar refractivity (Wildman–Crippen MR) is 300 cm³/mol. The third-order valence-corrected chi connectivity index (χ3v) is 14.3. The number of aryl methyl sites for hydroxylation is 5. The zero-order valence-electron chi connectivity index (χ0n) is 42.1. The van der Waals surface area contributed by atoms with Crippen molar-refractivity contribution < 1.29 is 40.1 Å². The van der Waals surface area contributed by atoms with Crippen LogP contribution in [0.2, 0.25) is 0 Å². The minimum absolute atomic E-state index is 0. The molecule has 0 saturated heterocycles. The van der Waals surface area contributed by atoms with Crippen LogP contribution in [-0.4, -0.2) is 35.0 Å². The summed E-state index contributed by atoms with van der Waals surface area (Å²) < 4.78 is 33.2. The van der Waals surface area contributed by atoms with E-state index in [4.69, 9.17) is 0 Å². The van der Waals surface area contributed by atoms with E-state index >= 15 is 0 Å². The molecule has 0 fully saturated rings. The van der Waals surface area contributed by atoms with Gasteiger partial charge in [0.1, 0.15) is 0 Å². The molecule has 8 aromatic carbocycles. The van der Waals surface area contributed by atoms with Gasteiger partial charge in [-0.1, -0.05) is 142 Å². The molecular weight excluding hydrogens is 1110 g/mol. The summed E-state index contributed by atoms with van der Waals surface area (Å²) in [6.07, 6.45) is 5.53. The second-order valence-electron chi connectivity index (χ2n) is 20.2. The van der Waals surface area contributed by atoms with Gasteiger partial charge in [0, 0.05) is 117 Å². The summed E-state index contributed by atoms with van der Waals surface area (Å²) in [5, 5.41) is 28.8. The number of allylic oxidation sites excluding steroid dienone is 1. The maximum atomic E-state index is 13.2. The van der Waals surface area contributed by atoms with Gasteiger partial charge in [-0.2, -0.15) is 0 Å². The molecule has 0 bridgehead atoms. The molecule has 0 aliphatic carbocycles. The Balaban J connectivity index is 0.000000370. The van der Waals surface area contributed by atoms with Crippen molar-refractivity contribution in [3.8, 4) is 16.9 Å². The zero-order valence-corrected chi connectivity index (χ0v) is 44.4. The number of pyridine rings is 1. The van der Waals surface area contributed by atoms with Crippen LogP contribution in [-0.2, 0) is 53.4 Å². The van der Waals surface area contributed by atoms with Crippen LogP contribution in [0, 0.1) is 23.1 Å². The average Bonchev–Trinajstić information content (AvgIpc) is 4.05. The Bertz CT molecular complexity index is 3740. The van der Waals surface area contributed by atoms with E-state index < -0.39 is 17.7 Å². The van der Waals surface area contributed by atoms with Gasteiger partial charge in [-0.25, -0.2) is 0 Å². The maximum Gasteiger partial charge on any atom is 0.0961 e. The molecule has 0 aliphatic heterocycles. The molecule has 0 saturated carbocycles. The van der Waals surface area contributed by atoms with Crippen LogP contribution in [0.5, 0.6) is 0 Å². The van der Waals surface area contributed by atoms with Gasteiger partial charge in [0.2, 0.25) is 0 Å². The Morgan fingerprint density at radius 2 is 1.03 bits per heavy atom. The van der Waals surface area contributed by atoms with Crippen LogP contribution >= 0.6 is 0 Å². The van der Waals surface area contributed by atoms with E-state index in [1.54, 1.807) is 30.5 Å².